The van der Waals surface area contributed by atoms with Gasteiger partial charge in [-0.2, -0.15) is 0 Å². The molecule has 0 spiro atoms. The Kier molecular flexibility index (Phi) is 6.21. The molecule has 2 aromatic carbocycles. The van der Waals surface area contributed by atoms with Gasteiger partial charge in [-0.05, 0) is 65.1 Å². The Labute approximate surface area is 147 Å². The van der Waals surface area contributed by atoms with Crippen molar-refractivity contribution in [1.82, 2.24) is 5.32 Å². The minimum Gasteiger partial charge on any atom is -0.352 e. The lowest BCUT2D eigenvalue weighted by Crippen LogP contribution is -2.27. The molecule has 0 atom stereocenters. The molecule has 2 amide bonds. The fourth-order valence-electron chi connectivity index (χ4n) is 1.78. The van der Waals surface area contributed by atoms with Crippen LogP contribution in [0.5, 0.6) is 0 Å². The van der Waals surface area contributed by atoms with Crippen LogP contribution in [0.15, 0.2) is 48.5 Å². The molecule has 0 heterocycles. The minimum atomic E-state index is -0.223. The Morgan fingerprint density at radius 1 is 1.09 bits per heavy atom. The van der Waals surface area contributed by atoms with Crippen molar-refractivity contribution in [2.75, 3.05) is 11.9 Å². The molecule has 22 heavy (non-hydrogen) atoms. The van der Waals surface area contributed by atoms with E-state index in [0.29, 0.717) is 10.6 Å². The van der Waals surface area contributed by atoms with Gasteiger partial charge >= 0.3 is 0 Å². The Bertz CT molecular complexity index is 674. The van der Waals surface area contributed by atoms with Crippen LogP contribution in [0.2, 0.25) is 5.02 Å². The van der Waals surface area contributed by atoms with Crippen molar-refractivity contribution < 1.29 is 9.59 Å². The van der Waals surface area contributed by atoms with Crippen LogP contribution in [0.4, 0.5) is 5.69 Å². The molecule has 114 valence electrons. The van der Waals surface area contributed by atoms with Crippen LogP contribution in [-0.4, -0.2) is 18.4 Å². The van der Waals surface area contributed by atoms with Gasteiger partial charge in [0, 0.05) is 32.8 Å². The van der Waals surface area contributed by atoms with Gasteiger partial charge in [-0.15, -0.1) is 0 Å². The largest absolute Gasteiger partial charge is 0.352 e. The third-order valence-electron chi connectivity index (χ3n) is 2.85. The van der Waals surface area contributed by atoms with Gasteiger partial charge < -0.3 is 10.6 Å². The molecule has 0 fully saturated rings. The molecule has 2 aromatic rings. The first-order chi connectivity index (χ1) is 10.5. The van der Waals surface area contributed by atoms with E-state index < -0.39 is 0 Å². The van der Waals surface area contributed by atoms with Gasteiger partial charge in [-0.25, -0.2) is 0 Å². The summed E-state index contributed by atoms with van der Waals surface area (Å²) in [5.41, 5.74) is 1.27. The van der Waals surface area contributed by atoms with Gasteiger partial charge in [0.25, 0.3) is 5.91 Å². The molecule has 2 rings (SSSR count). The van der Waals surface area contributed by atoms with E-state index in [1.165, 1.54) is 0 Å². The first-order valence-corrected chi connectivity index (χ1v) is 8.09. The summed E-state index contributed by atoms with van der Waals surface area (Å²) < 4.78 is 1.05. The summed E-state index contributed by atoms with van der Waals surface area (Å²) in [6.45, 7) is 0.275. The Morgan fingerprint density at radius 2 is 1.82 bits per heavy atom. The monoisotopic (exact) mass is 428 g/mol. The van der Waals surface area contributed by atoms with Gasteiger partial charge in [0.05, 0.1) is 0 Å². The summed E-state index contributed by atoms with van der Waals surface area (Å²) in [4.78, 5) is 23.7. The molecule has 0 saturated heterocycles. The van der Waals surface area contributed by atoms with Crippen LogP contribution in [0.25, 0.3) is 0 Å². The summed E-state index contributed by atoms with van der Waals surface area (Å²) in [6.07, 6.45) is 0.213. The molecule has 2 N–H and O–H groups in total. The normalized spacial score (nSPS) is 10.1. The second-order valence-electron chi connectivity index (χ2n) is 4.57. The van der Waals surface area contributed by atoms with Gasteiger partial charge in [0.15, 0.2) is 0 Å². The first-order valence-electron chi connectivity index (χ1n) is 6.64. The van der Waals surface area contributed by atoms with E-state index in [4.69, 9.17) is 11.6 Å². The van der Waals surface area contributed by atoms with Crippen LogP contribution >= 0.6 is 34.2 Å². The third-order valence-corrected chi connectivity index (χ3v) is 3.78. The van der Waals surface area contributed by atoms with E-state index in [1.807, 2.05) is 24.3 Å². The average molecular weight is 429 g/mol. The number of amides is 2. The summed E-state index contributed by atoms with van der Waals surface area (Å²) >= 11 is 7.95. The van der Waals surface area contributed by atoms with Crippen LogP contribution in [0.3, 0.4) is 0 Å². The maximum absolute atomic E-state index is 11.9. The highest BCUT2D eigenvalue weighted by molar-refractivity contribution is 14.1. The van der Waals surface area contributed by atoms with E-state index in [0.717, 1.165) is 9.26 Å². The predicted octanol–water partition coefficient (Wildman–Crippen LogP) is 3.70. The quantitative estimate of drug-likeness (QED) is 0.714. The Balaban J connectivity index is 1.77. The molecule has 6 heteroatoms. The average Bonchev–Trinajstić information content (AvgIpc) is 2.47. The molecular formula is C16H14ClIN2O2. The molecule has 0 unspecified atom stereocenters. The third kappa shape index (κ3) is 5.31. The minimum absolute atomic E-state index is 0.140. The summed E-state index contributed by atoms with van der Waals surface area (Å²) in [6, 6.07) is 14.1. The summed E-state index contributed by atoms with van der Waals surface area (Å²) in [5.74, 6) is -0.364. The first kappa shape index (κ1) is 16.8. The zero-order valence-electron chi connectivity index (χ0n) is 11.6. The standard InChI is InChI=1S/C16H14ClIN2O2/c17-12-6-4-11(5-7-12)16(22)19-9-8-15(21)20-14-3-1-2-13(18)10-14/h1-7,10H,8-9H2,(H,19,22)(H,20,21). The number of carbonyl (C=O) groups excluding carboxylic acids is 2. The molecule has 4 nitrogen and oxygen atoms in total. The van der Waals surface area contributed by atoms with Crippen LogP contribution in [-0.2, 0) is 4.79 Å². The van der Waals surface area contributed by atoms with Gasteiger partial charge in [0.2, 0.25) is 5.91 Å². The number of hydrogen-bond acceptors (Lipinski definition) is 2. The Hall–Kier alpha value is -1.60. The zero-order chi connectivity index (χ0) is 15.9. The fraction of sp³-hybridized carbons (Fsp3) is 0.125. The number of rotatable bonds is 5. The SMILES string of the molecule is O=C(CCNC(=O)c1ccc(Cl)cc1)Nc1cccc(I)c1. The molecule has 0 aliphatic carbocycles. The topological polar surface area (TPSA) is 58.2 Å². The molecular weight excluding hydrogens is 415 g/mol. The molecule has 0 aliphatic heterocycles. The van der Waals surface area contributed by atoms with E-state index in [-0.39, 0.29) is 24.8 Å². The summed E-state index contributed by atoms with van der Waals surface area (Å²) in [5, 5.41) is 6.07. The van der Waals surface area contributed by atoms with Crippen molar-refractivity contribution >= 4 is 51.7 Å². The highest BCUT2D eigenvalue weighted by atomic mass is 127. The molecule has 0 aliphatic rings. The van der Waals surface area contributed by atoms with Crippen molar-refractivity contribution in [3.05, 3.63) is 62.7 Å². The maximum atomic E-state index is 11.9. The van der Waals surface area contributed by atoms with Gasteiger partial charge in [-0.1, -0.05) is 17.7 Å². The lowest BCUT2D eigenvalue weighted by Gasteiger charge is -2.07. The number of carbonyl (C=O) groups is 2. The number of benzene rings is 2. The van der Waals surface area contributed by atoms with Crippen molar-refractivity contribution in [1.29, 1.82) is 0 Å². The fourth-order valence-corrected chi connectivity index (χ4v) is 2.45. The molecule has 0 radical (unpaired) electrons. The van der Waals surface area contributed by atoms with Crippen LogP contribution in [0.1, 0.15) is 16.8 Å². The van der Waals surface area contributed by atoms with E-state index in [1.54, 1.807) is 24.3 Å². The van der Waals surface area contributed by atoms with Crippen molar-refractivity contribution in [3.63, 3.8) is 0 Å². The lowest BCUT2D eigenvalue weighted by molar-refractivity contribution is -0.116. The lowest BCUT2D eigenvalue weighted by atomic mass is 10.2. The van der Waals surface area contributed by atoms with E-state index >= 15 is 0 Å². The summed E-state index contributed by atoms with van der Waals surface area (Å²) in [7, 11) is 0. The predicted molar refractivity (Wildman–Crippen MR) is 96.2 cm³/mol. The van der Waals surface area contributed by atoms with Crippen LogP contribution in [0, 0.1) is 3.57 Å². The van der Waals surface area contributed by atoms with Crippen molar-refractivity contribution in [2.24, 2.45) is 0 Å². The maximum Gasteiger partial charge on any atom is 0.251 e. The molecule has 0 aromatic heterocycles. The molecule has 0 saturated carbocycles. The van der Waals surface area contributed by atoms with Gasteiger partial charge in [-0.3, -0.25) is 9.59 Å². The van der Waals surface area contributed by atoms with Gasteiger partial charge in [0.1, 0.15) is 0 Å². The van der Waals surface area contributed by atoms with Crippen molar-refractivity contribution in [3.8, 4) is 0 Å². The number of anilines is 1. The van der Waals surface area contributed by atoms with E-state index in [2.05, 4.69) is 33.2 Å². The van der Waals surface area contributed by atoms with Crippen LogP contribution < -0.4 is 10.6 Å². The zero-order valence-corrected chi connectivity index (χ0v) is 14.5. The smallest absolute Gasteiger partial charge is 0.251 e. The molecule has 0 bridgehead atoms. The van der Waals surface area contributed by atoms with E-state index in [9.17, 15) is 9.59 Å². The number of halogens is 2. The highest BCUT2D eigenvalue weighted by Gasteiger charge is 2.07. The second kappa shape index (κ2) is 8.14. The second-order valence-corrected chi connectivity index (χ2v) is 6.25. The number of hydrogen-bond donors (Lipinski definition) is 2. The van der Waals surface area contributed by atoms with Crippen molar-refractivity contribution in [2.45, 2.75) is 6.42 Å². The highest BCUT2D eigenvalue weighted by Crippen LogP contribution is 2.12. The Morgan fingerprint density at radius 3 is 2.50 bits per heavy atom. The number of nitrogens with one attached hydrogen (secondary N) is 2.